The highest BCUT2D eigenvalue weighted by Crippen LogP contribution is 2.12. The Labute approximate surface area is 114 Å². The summed E-state index contributed by atoms with van der Waals surface area (Å²) in [4.78, 5) is 15.3. The normalized spacial score (nSPS) is 11.3. The Morgan fingerprint density at radius 1 is 1.11 bits per heavy atom. The molecule has 0 unspecified atom stereocenters. The number of fused-ring (bicyclic) bond motifs is 1. The van der Waals surface area contributed by atoms with E-state index in [2.05, 4.69) is 18.8 Å². The number of unbranched alkanes of at least 4 members (excludes halogenated alkanes) is 2. The number of nitrogens with one attached hydrogen (secondary N) is 1. The molecule has 0 saturated heterocycles. The summed E-state index contributed by atoms with van der Waals surface area (Å²) in [5.41, 5.74) is 2.15. The van der Waals surface area contributed by atoms with Crippen molar-refractivity contribution in [2.45, 2.75) is 46.0 Å². The van der Waals surface area contributed by atoms with Crippen molar-refractivity contribution < 1.29 is 0 Å². The fourth-order valence-corrected chi connectivity index (χ4v) is 2.43. The molecule has 1 N–H and O–H groups in total. The van der Waals surface area contributed by atoms with Crippen LogP contribution in [0.5, 0.6) is 0 Å². The first-order valence-electron chi connectivity index (χ1n) is 7.28. The van der Waals surface area contributed by atoms with Crippen molar-refractivity contribution >= 4 is 10.9 Å². The monoisotopic (exact) mass is 257 g/mol. The molecule has 0 radical (unpaired) electrons. The highest BCUT2D eigenvalue weighted by molar-refractivity contribution is 5.78. The molecule has 0 spiro atoms. The van der Waals surface area contributed by atoms with Crippen molar-refractivity contribution in [3.8, 4) is 0 Å². The van der Waals surface area contributed by atoms with Gasteiger partial charge in [-0.2, -0.15) is 0 Å². The van der Waals surface area contributed by atoms with Gasteiger partial charge in [0, 0.05) is 22.7 Å². The zero-order valence-electron chi connectivity index (χ0n) is 11.9. The average Bonchev–Trinajstić information content (AvgIpc) is 2.38. The van der Waals surface area contributed by atoms with Crippen LogP contribution in [0.3, 0.4) is 0 Å². The zero-order valence-corrected chi connectivity index (χ0v) is 11.9. The van der Waals surface area contributed by atoms with Gasteiger partial charge < -0.3 is 4.98 Å². The van der Waals surface area contributed by atoms with E-state index in [1.165, 1.54) is 19.3 Å². The van der Waals surface area contributed by atoms with E-state index >= 15 is 0 Å². The Morgan fingerprint density at radius 3 is 2.68 bits per heavy atom. The maximum absolute atomic E-state index is 12.0. The van der Waals surface area contributed by atoms with Crippen molar-refractivity contribution in [2.24, 2.45) is 5.92 Å². The zero-order chi connectivity index (χ0) is 13.7. The first kappa shape index (κ1) is 13.9. The molecule has 0 aliphatic rings. The minimum atomic E-state index is 0.131. The van der Waals surface area contributed by atoms with Gasteiger partial charge in [-0.3, -0.25) is 4.79 Å². The summed E-state index contributed by atoms with van der Waals surface area (Å²) in [5.74, 6) is 0.792. The number of pyridine rings is 1. The SMILES string of the molecule is CC(C)CCCCCc1cc(=O)c2ccccc2[nH]1. The minimum Gasteiger partial charge on any atom is -0.358 e. The summed E-state index contributed by atoms with van der Waals surface area (Å²) < 4.78 is 0. The quantitative estimate of drug-likeness (QED) is 0.769. The molecule has 0 aliphatic carbocycles. The summed E-state index contributed by atoms with van der Waals surface area (Å²) >= 11 is 0. The highest BCUT2D eigenvalue weighted by atomic mass is 16.1. The molecule has 0 bridgehead atoms. The average molecular weight is 257 g/mol. The summed E-state index contributed by atoms with van der Waals surface area (Å²) in [7, 11) is 0. The van der Waals surface area contributed by atoms with E-state index in [-0.39, 0.29) is 5.43 Å². The van der Waals surface area contributed by atoms with Crippen LogP contribution in [-0.4, -0.2) is 4.98 Å². The Morgan fingerprint density at radius 2 is 1.89 bits per heavy atom. The fraction of sp³-hybridized carbons (Fsp3) is 0.471. The summed E-state index contributed by atoms with van der Waals surface area (Å²) in [6.07, 6.45) is 5.95. The van der Waals surface area contributed by atoms with Crippen molar-refractivity contribution in [1.29, 1.82) is 0 Å². The number of hydrogen-bond acceptors (Lipinski definition) is 1. The van der Waals surface area contributed by atoms with Gasteiger partial charge in [-0.25, -0.2) is 0 Å². The molecule has 2 rings (SSSR count). The van der Waals surface area contributed by atoms with Crippen molar-refractivity contribution in [3.05, 3.63) is 46.2 Å². The highest BCUT2D eigenvalue weighted by Gasteiger charge is 2.01. The molecule has 0 atom stereocenters. The summed E-state index contributed by atoms with van der Waals surface area (Å²) in [6.45, 7) is 4.53. The first-order chi connectivity index (χ1) is 9.16. The number of aryl methyl sites for hydroxylation is 1. The summed E-state index contributed by atoms with van der Waals surface area (Å²) in [5, 5.41) is 0.783. The molecule has 102 valence electrons. The van der Waals surface area contributed by atoms with Gasteiger partial charge in [-0.1, -0.05) is 45.2 Å². The standard InChI is InChI=1S/C17H23NO/c1-13(2)8-4-3-5-9-14-12-17(19)15-10-6-7-11-16(15)18-14/h6-7,10-13H,3-5,8-9H2,1-2H3,(H,18,19). The first-order valence-corrected chi connectivity index (χ1v) is 7.28. The molecule has 0 saturated carbocycles. The number of benzene rings is 1. The lowest BCUT2D eigenvalue weighted by Gasteiger charge is -2.06. The van der Waals surface area contributed by atoms with Gasteiger partial charge in [-0.15, -0.1) is 0 Å². The maximum Gasteiger partial charge on any atom is 0.189 e. The minimum absolute atomic E-state index is 0.131. The van der Waals surface area contributed by atoms with E-state index in [1.54, 1.807) is 6.07 Å². The van der Waals surface area contributed by atoms with Crippen molar-refractivity contribution in [3.63, 3.8) is 0 Å². The second-order valence-corrected chi connectivity index (χ2v) is 5.70. The smallest absolute Gasteiger partial charge is 0.189 e. The lowest BCUT2D eigenvalue weighted by Crippen LogP contribution is -2.05. The Balaban J connectivity index is 1.96. The molecular formula is C17H23NO. The van der Waals surface area contributed by atoms with Gasteiger partial charge in [0.05, 0.1) is 0 Å². The van der Waals surface area contributed by atoms with Crippen molar-refractivity contribution in [1.82, 2.24) is 4.98 Å². The van der Waals surface area contributed by atoms with Gasteiger partial charge in [0.25, 0.3) is 0 Å². The molecule has 2 heteroatoms. The van der Waals surface area contributed by atoms with Crippen LogP contribution in [0.15, 0.2) is 35.1 Å². The molecule has 0 amide bonds. The van der Waals surface area contributed by atoms with E-state index in [0.717, 1.165) is 35.4 Å². The molecule has 1 heterocycles. The van der Waals surface area contributed by atoms with Gasteiger partial charge in [0.15, 0.2) is 5.43 Å². The molecule has 2 nitrogen and oxygen atoms in total. The second kappa shape index (κ2) is 6.55. The third kappa shape index (κ3) is 3.95. The molecule has 1 aromatic heterocycles. The second-order valence-electron chi connectivity index (χ2n) is 5.70. The predicted molar refractivity (Wildman–Crippen MR) is 81.6 cm³/mol. The molecule has 1 aromatic carbocycles. The van der Waals surface area contributed by atoms with Crippen LogP contribution >= 0.6 is 0 Å². The van der Waals surface area contributed by atoms with Crippen LogP contribution in [0.2, 0.25) is 0 Å². The Hall–Kier alpha value is -1.57. The third-order valence-corrected chi connectivity index (χ3v) is 3.52. The predicted octanol–water partition coefficient (Wildman–Crippen LogP) is 4.29. The number of hydrogen-bond donors (Lipinski definition) is 1. The lowest BCUT2D eigenvalue weighted by atomic mass is 10.0. The van der Waals surface area contributed by atoms with E-state index in [4.69, 9.17) is 0 Å². The van der Waals surface area contributed by atoms with E-state index in [1.807, 2.05) is 24.3 Å². The summed E-state index contributed by atoms with van der Waals surface area (Å²) in [6, 6.07) is 9.47. The number of aromatic amines is 1. The largest absolute Gasteiger partial charge is 0.358 e. The van der Waals surface area contributed by atoms with Crippen LogP contribution in [0.4, 0.5) is 0 Å². The molecule has 19 heavy (non-hydrogen) atoms. The molecular weight excluding hydrogens is 234 g/mol. The van der Waals surface area contributed by atoms with Gasteiger partial charge >= 0.3 is 0 Å². The third-order valence-electron chi connectivity index (χ3n) is 3.52. The Kier molecular flexibility index (Phi) is 4.78. The van der Waals surface area contributed by atoms with Crippen LogP contribution in [0, 0.1) is 5.92 Å². The molecule has 2 aromatic rings. The van der Waals surface area contributed by atoms with Gasteiger partial charge in [0.1, 0.15) is 0 Å². The molecule has 0 fully saturated rings. The topological polar surface area (TPSA) is 32.9 Å². The van der Waals surface area contributed by atoms with Crippen molar-refractivity contribution in [2.75, 3.05) is 0 Å². The van der Waals surface area contributed by atoms with E-state index < -0.39 is 0 Å². The van der Waals surface area contributed by atoms with E-state index in [9.17, 15) is 4.79 Å². The number of rotatable bonds is 6. The molecule has 0 aliphatic heterocycles. The van der Waals surface area contributed by atoms with Crippen LogP contribution in [-0.2, 0) is 6.42 Å². The van der Waals surface area contributed by atoms with Gasteiger partial charge in [-0.05, 0) is 30.9 Å². The number of aromatic nitrogens is 1. The van der Waals surface area contributed by atoms with Gasteiger partial charge in [0.2, 0.25) is 0 Å². The van der Waals surface area contributed by atoms with Crippen LogP contribution < -0.4 is 5.43 Å². The van der Waals surface area contributed by atoms with Crippen LogP contribution in [0.1, 0.15) is 45.2 Å². The van der Waals surface area contributed by atoms with E-state index in [0.29, 0.717) is 0 Å². The lowest BCUT2D eigenvalue weighted by molar-refractivity contribution is 0.526. The fourth-order valence-electron chi connectivity index (χ4n) is 2.43. The Bertz CT molecular complexity index is 583. The number of H-pyrrole nitrogens is 1. The number of para-hydroxylation sites is 1. The van der Waals surface area contributed by atoms with Crippen LogP contribution in [0.25, 0.3) is 10.9 Å². The maximum atomic E-state index is 12.0.